The fourth-order valence-corrected chi connectivity index (χ4v) is 3.19. The Bertz CT molecular complexity index is 847. The number of carbonyl (C=O) groups excluding carboxylic acids is 2. The summed E-state index contributed by atoms with van der Waals surface area (Å²) in [6.45, 7) is 5.48. The van der Waals surface area contributed by atoms with Crippen molar-refractivity contribution in [1.29, 1.82) is 0 Å². The molecule has 1 aliphatic rings. The number of Topliss-reactive ketones (excluding diaryl/α,β-unsaturated/α-hetero) is 1. The lowest BCUT2D eigenvalue weighted by Crippen LogP contribution is -2.47. The van der Waals surface area contributed by atoms with Gasteiger partial charge in [0.1, 0.15) is 0 Å². The zero-order chi connectivity index (χ0) is 20.1. The Labute approximate surface area is 162 Å². The zero-order valence-corrected chi connectivity index (χ0v) is 15.8. The van der Waals surface area contributed by atoms with Crippen LogP contribution in [0, 0.1) is 11.6 Å². The molecule has 5 nitrogen and oxygen atoms in total. The Morgan fingerprint density at radius 2 is 1.64 bits per heavy atom. The second-order valence-corrected chi connectivity index (χ2v) is 6.86. The smallest absolute Gasteiger partial charge is 0.225 e. The molecular formula is C21H23F2N3O2. The second kappa shape index (κ2) is 8.93. The summed E-state index contributed by atoms with van der Waals surface area (Å²) in [7, 11) is 0. The number of piperazine rings is 1. The highest BCUT2D eigenvalue weighted by Gasteiger charge is 2.18. The number of nitrogens with zero attached hydrogens (tertiary/aromatic N) is 2. The van der Waals surface area contributed by atoms with E-state index in [1.54, 1.807) is 6.92 Å². The minimum Gasteiger partial charge on any atom is -0.369 e. The summed E-state index contributed by atoms with van der Waals surface area (Å²) in [5, 5.41) is 2.59. The fourth-order valence-electron chi connectivity index (χ4n) is 3.19. The van der Waals surface area contributed by atoms with Gasteiger partial charge in [-0.25, -0.2) is 8.78 Å². The van der Waals surface area contributed by atoms with Crippen LogP contribution in [-0.4, -0.2) is 49.3 Å². The molecule has 0 radical (unpaired) electrons. The van der Waals surface area contributed by atoms with Crippen LogP contribution >= 0.6 is 0 Å². The van der Waals surface area contributed by atoms with Gasteiger partial charge in [0.15, 0.2) is 17.4 Å². The van der Waals surface area contributed by atoms with Crippen LogP contribution in [0.2, 0.25) is 0 Å². The van der Waals surface area contributed by atoms with E-state index >= 15 is 0 Å². The molecule has 0 aliphatic carbocycles. The average Bonchev–Trinajstić information content (AvgIpc) is 2.70. The van der Waals surface area contributed by atoms with Gasteiger partial charge in [0, 0.05) is 62.1 Å². The zero-order valence-electron chi connectivity index (χ0n) is 15.8. The summed E-state index contributed by atoms with van der Waals surface area (Å²) in [4.78, 5) is 27.8. The highest BCUT2D eigenvalue weighted by molar-refractivity contribution is 5.94. The highest BCUT2D eigenvalue weighted by atomic mass is 19.2. The molecule has 0 spiro atoms. The number of halogens is 2. The van der Waals surface area contributed by atoms with Crippen molar-refractivity contribution in [1.82, 2.24) is 4.90 Å². The van der Waals surface area contributed by atoms with Gasteiger partial charge in [-0.2, -0.15) is 0 Å². The maximum atomic E-state index is 13.2. The molecule has 3 rings (SSSR count). The van der Waals surface area contributed by atoms with Crippen LogP contribution in [0.15, 0.2) is 42.5 Å². The molecule has 0 bridgehead atoms. The van der Waals surface area contributed by atoms with E-state index in [4.69, 9.17) is 0 Å². The molecular weight excluding hydrogens is 364 g/mol. The van der Waals surface area contributed by atoms with E-state index in [2.05, 4.69) is 15.1 Å². The average molecular weight is 387 g/mol. The Kier molecular flexibility index (Phi) is 6.36. The van der Waals surface area contributed by atoms with Crippen LogP contribution in [0.1, 0.15) is 23.7 Å². The second-order valence-electron chi connectivity index (χ2n) is 6.86. The number of hydrogen-bond acceptors (Lipinski definition) is 4. The minimum absolute atomic E-state index is 0.0537. The van der Waals surface area contributed by atoms with Crippen molar-refractivity contribution in [3.63, 3.8) is 0 Å². The maximum Gasteiger partial charge on any atom is 0.225 e. The number of rotatable bonds is 6. The van der Waals surface area contributed by atoms with Crippen molar-refractivity contribution < 1.29 is 18.4 Å². The SMILES string of the molecule is CC(=O)c1ccc(N2CCN(CCC(=O)Nc3ccc(F)c(F)c3)CC2)cc1. The predicted molar refractivity (Wildman–Crippen MR) is 105 cm³/mol. The molecule has 1 heterocycles. The Morgan fingerprint density at radius 1 is 0.964 bits per heavy atom. The van der Waals surface area contributed by atoms with E-state index in [0.29, 0.717) is 12.1 Å². The molecule has 1 saturated heterocycles. The molecule has 0 atom stereocenters. The molecule has 1 fully saturated rings. The third-order valence-corrected chi connectivity index (χ3v) is 4.87. The first-order chi connectivity index (χ1) is 13.4. The van der Waals surface area contributed by atoms with Crippen molar-refractivity contribution in [2.24, 2.45) is 0 Å². The number of nitrogens with one attached hydrogen (secondary N) is 1. The molecule has 0 aromatic heterocycles. The van der Waals surface area contributed by atoms with E-state index in [1.807, 2.05) is 24.3 Å². The molecule has 28 heavy (non-hydrogen) atoms. The topological polar surface area (TPSA) is 52.7 Å². The van der Waals surface area contributed by atoms with Crippen molar-refractivity contribution in [3.8, 4) is 0 Å². The van der Waals surface area contributed by atoms with Gasteiger partial charge >= 0.3 is 0 Å². The summed E-state index contributed by atoms with van der Waals surface area (Å²) in [6, 6.07) is 10.9. The third kappa shape index (κ3) is 5.13. The molecule has 0 unspecified atom stereocenters. The Morgan fingerprint density at radius 3 is 2.25 bits per heavy atom. The lowest BCUT2D eigenvalue weighted by molar-refractivity contribution is -0.116. The first kappa shape index (κ1) is 19.9. The molecule has 1 N–H and O–H groups in total. The first-order valence-corrected chi connectivity index (χ1v) is 9.25. The quantitative estimate of drug-likeness (QED) is 0.773. The standard InChI is InChI=1S/C21H23F2N3O2/c1-15(27)16-2-5-18(6-3-16)26-12-10-25(11-13-26)9-8-21(28)24-17-4-7-19(22)20(23)14-17/h2-7,14H,8-13H2,1H3,(H,24,28). The van der Waals surface area contributed by atoms with E-state index < -0.39 is 11.6 Å². The third-order valence-electron chi connectivity index (χ3n) is 4.87. The summed E-state index contributed by atoms with van der Waals surface area (Å²) in [6.07, 6.45) is 0.284. The van der Waals surface area contributed by atoms with Crippen molar-refractivity contribution in [3.05, 3.63) is 59.7 Å². The molecule has 2 aromatic rings. The lowest BCUT2D eigenvalue weighted by atomic mass is 10.1. The minimum atomic E-state index is -0.981. The number of carbonyl (C=O) groups is 2. The predicted octanol–water partition coefficient (Wildman–Crippen LogP) is 3.32. The van der Waals surface area contributed by atoms with Gasteiger partial charge in [0.2, 0.25) is 5.91 Å². The van der Waals surface area contributed by atoms with E-state index in [0.717, 1.165) is 44.0 Å². The monoisotopic (exact) mass is 387 g/mol. The molecule has 2 aromatic carbocycles. The van der Waals surface area contributed by atoms with E-state index in [1.165, 1.54) is 6.07 Å². The largest absolute Gasteiger partial charge is 0.369 e. The Hall–Kier alpha value is -2.80. The summed E-state index contributed by atoms with van der Waals surface area (Å²) in [5.41, 5.74) is 2.04. The number of ketones is 1. The van der Waals surface area contributed by atoms with Crippen LogP contribution in [-0.2, 0) is 4.79 Å². The van der Waals surface area contributed by atoms with E-state index in [-0.39, 0.29) is 23.8 Å². The molecule has 148 valence electrons. The summed E-state index contributed by atoms with van der Waals surface area (Å²) in [5.74, 6) is -2.09. The van der Waals surface area contributed by atoms with Gasteiger partial charge in [-0.15, -0.1) is 0 Å². The van der Waals surface area contributed by atoms with Crippen molar-refractivity contribution in [2.75, 3.05) is 42.9 Å². The number of benzene rings is 2. The van der Waals surface area contributed by atoms with Crippen LogP contribution in [0.3, 0.4) is 0 Å². The van der Waals surface area contributed by atoms with Crippen molar-refractivity contribution in [2.45, 2.75) is 13.3 Å². The first-order valence-electron chi connectivity index (χ1n) is 9.25. The molecule has 1 aliphatic heterocycles. The van der Waals surface area contributed by atoms with E-state index in [9.17, 15) is 18.4 Å². The molecule has 1 amide bonds. The molecule has 0 saturated carbocycles. The number of anilines is 2. The van der Waals surface area contributed by atoms with Crippen LogP contribution in [0.5, 0.6) is 0 Å². The fraction of sp³-hybridized carbons (Fsp3) is 0.333. The number of amides is 1. The van der Waals surface area contributed by atoms with Crippen LogP contribution < -0.4 is 10.2 Å². The molecule has 7 heteroatoms. The van der Waals surface area contributed by atoms with Crippen LogP contribution in [0.4, 0.5) is 20.2 Å². The normalized spacial score (nSPS) is 14.8. The summed E-state index contributed by atoms with van der Waals surface area (Å²) < 4.78 is 26.1. The van der Waals surface area contributed by atoms with Gasteiger partial charge in [-0.3, -0.25) is 14.5 Å². The Balaban J connectivity index is 1.43. The maximum absolute atomic E-state index is 13.2. The van der Waals surface area contributed by atoms with Gasteiger partial charge in [-0.05, 0) is 43.3 Å². The van der Waals surface area contributed by atoms with Crippen molar-refractivity contribution >= 4 is 23.1 Å². The number of hydrogen-bond donors (Lipinski definition) is 1. The summed E-state index contributed by atoms with van der Waals surface area (Å²) >= 11 is 0. The van der Waals surface area contributed by atoms with Gasteiger partial charge in [-0.1, -0.05) is 0 Å². The highest BCUT2D eigenvalue weighted by Crippen LogP contribution is 2.18. The lowest BCUT2D eigenvalue weighted by Gasteiger charge is -2.36. The van der Waals surface area contributed by atoms with Crippen LogP contribution in [0.25, 0.3) is 0 Å². The van der Waals surface area contributed by atoms with Gasteiger partial charge < -0.3 is 10.2 Å². The van der Waals surface area contributed by atoms with Gasteiger partial charge in [0.05, 0.1) is 0 Å². The van der Waals surface area contributed by atoms with Gasteiger partial charge in [0.25, 0.3) is 0 Å².